The number of hydrogen-bond donors (Lipinski definition) is 2. The molecule has 1 aliphatic heterocycles. The van der Waals surface area contributed by atoms with E-state index in [0.717, 1.165) is 29.8 Å². The average molecular weight is 418 g/mol. The number of aliphatic hydroxyl groups is 2. The normalized spacial score (nSPS) is 33.7. The van der Waals surface area contributed by atoms with Gasteiger partial charge >= 0.3 is 0 Å². The Hall–Kier alpha value is -1.79. The monoisotopic (exact) mass is 417 g/mol. The number of nitrogens with zero attached hydrogens (tertiary/aromatic N) is 1. The molecule has 2 N–H and O–H groups in total. The van der Waals surface area contributed by atoms with Gasteiger partial charge in [0.05, 0.1) is 19.8 Å². The summed E-state index contributed by atoms with van der Waals surface area (Å²) in [5, 5.41) is 19.8. The highest BCUT2D eigenvalue weighted by atomic mass is 16.5. The molecule has 1 amide bonds. The number of carbonyl (C=O) groups is 1. The van der Waals surface area contributed by atoms with Crippen molar-refractivity contribution in [1.82, 2.24) is 4.90 Å². The molecule has 3 aliphatic rings. The quantitative estimate of drug-likeness (QED) is 0.713. The molecule has 166 valence electrons. The number of rotatable bonds is 7. The van der Waals surface area contributed by atoms with Gasteiger partial charge in [0, 0.05) is 24.4 Å². The number of aliphatic hydroxyl groups excluding tert-OH is 2. The summed E-state index contributed by atoms with van der Waals surface area (Å²) in [6.07, 6.45) is 4.76. The van der Waals surface area contributed by atoms with Crippen molar-refractivity contribution in [2.45, 2.75) is 51.6 Å². The lowest BCUT2D eigenvalue weighted by Crippen LogP contribution is -2.38. The Bertz CT molecular complexity index is 769. The van der Waals surface area contributed by atoms with E-state index in [1.165, 1.54) is 25.7 Å². The van der Waals surface area contributed by atoms with Gasteiger partial charge in [0.2, 0.25) is 5.91 Å². The summed E-state index contributed by atoms with van der Waals surface area (Å²) in [4.78, 5) is 13.8. The summed E-state index contributed by atoms with van der Waals surface area (Å²) < 4.78 is 11.8. The van der Waals surface area contributed by atoms with Crippen molar-refractivity contribution in [1.29, 1.82) is 0 Å². The molecule has 4 rings (SSSR count). The molecule has 0 aromatic heterocycles. The second kappa shape index (κ2) is 8.39. The van der Waals surface area contributed by atoms with Gasteiger partial charge in [-0.3, -0.25) is 4.79 Å². The first-order valence-electron chi connectivity index (χ1n) is 11.3. The Labute approximate surface area is 179 Å². The molecule has 2 unspecified atom stereocenters. The predicted octanol–water partition coefficient (Wildman–Crippen LogP) is 2.82. The van der Waals surface area contributed by atoms with Gasteiger partial charge in [-0.1, -0.05) is 25.8 Å². The van der Waals surface area contributed by atoms with Crippen molar-refractivity contribution < 1.29 is 24.5 Å². The molecule has 1 saturated heterocycles. The average Bonchev–Trinajstić information content (AvgIpc) is 3.34. The fourth-order valence-electron chi connectivity index (χ4n) is 5.81. The zero-order valence-corrected chi connectivity index (χ0v) is 18.3. The minimum absolute atomic E-state index is 0.0511. The first-order chi connectivity index (χ1) is 14.4. The molecule has 6 heteroatoms. The predicted molar refractivity (Wildman–Crippen MR) is 114 cm³/mol. The lowest BCUT2D eigenvalue weighted by molar-refractivity contribution is -0.133. The van der Waals surface area contributed by atoms with E-state index in [0.29, 0.717) is 24.8 Å². The lowest BCUT2D eigenvalue weighted by atomic mass is 9.72. The van der Waals surface area contributed by atoms with Crippen LogP contribution in [0.1, 0.15) is 51.0 Å². The zero-order chi connectivity index (χ0) is 21.5. The Morgan fingerprint density at radius 1 is 1.27 bits per heavy atom. The van der Waals surface area contributed by atoms with Gasteiger partial charge in [0.1, 0.15) is 6.61 Å². The highest BCUT2D eigenvalue weighted by Crippen LogP contribution is 2.55. The number of amides is 1. The van der Waals surface area contributed by atoms with Crippen LogP contribution in [-0.2, 0) is 4.79 Å². The van der Waals surface area contributed by atoms with E-state index in [4.69, 9.17) is 9.47 Å². The summed E-state index contributed by atoms with van der Waals surface area (Å²) in [5.74, 6) is 3.42. The Morgan fingerprint density at radius 2 is 1.97 bits per heavy atom. The van der Waals surface area contributed by atoms with Crippen LogP contribution in [0.3, 0.4) is 0 Å². The van der Waals surface area contributed by atoms with Gasteiger partial charge in [0.15, 0.2) is 11.5 Å². The van der Waals surface area contributed by atoms with Crippen LogP contribution < -0.4 is 9.47 Å². The van der Waals surface area contributed by atoms with Crippen LogP contribution in [0.5, 0.6) is 11.5 Å². The van der Waals surface area contributed by atoms with Gasteiger partial charge < -0.3 is 24.6 Å². The van der Waals surface area contributed by atoms with Crippen molar-refractivity contribution in [3.05, 3.63) is 23.8 Å². The van der Waals surface area contributed by atoms with E-state index in [1.807, 2.05) is 25.1 Å². The summed E-state index contributed by atoms with van der Waals surface area (Å²) in [7, 11) is 1.65. The highest BCUT2D eigenvalue weighted by molar-refractivity contribution is 5.77. The van der Waals surface area contributed by atoms with E-state index < -0.39 is 18.1 Å². The first-order valence-corrected chi connectivity index (χ1v) is 11.3. The third-order valence-corrected chi connectivity index (χ3v) is 8.03. The van der Waals surface area contributed by atoms with Crippen molar-refractivity contribution >= 4 is 5.91 Å². The van der Waals surface area contributed by atoms with Crippen LogP contribution in [0.25, 0.3) is 0 Å². The van der Waals surface area contributed by atoms with Gasteiger partial charge in [0.25, 0.3) is 0 Å². The molecule has 5 atom stereocenters. The van der Waals surface area contributed by atoms with Crippen molar-refractivity contribution in [3.8, 4) is 11.5 Å². The fraction of sp³-hybridized carbons (Fsp3) is 0.708. The van der Waals surface area contributed by atoms with E-state index >= 15 is 0 Å². The largest absolute Gasteiger partial charge is 0.493 e. The smallest absolute Gasteiger partial charge is 0.248 e. The molecular formula is C24H35NO5. The molecule has 0 radical (unpaired) electrons. The summed E-state index contributed by atoms with van der Waals surface area (Å²) in [6.45, 7) is 4.88. The maximum atomic E-state index is 12.1. The number of likely N-dealkylation sites (tertiary alicyclic amines) is 1. The third-order valence-electron chi connectivity index (χ3n) is 8.03. The van der Waals surface area contributed by atoms with Gasteiger partial charge in [-0.15, -0.1) is 0 Å². The first kappa shape index (κ1) is 21.4. The maximum Gasteiger partial charge on any atom is 0.248 e. The molecule has 0 bridgehead atoms. The van der Waals surface area contributed by atoms with Crippen molar-refractivity contribution in [2.75, 3.05) is 33.4 Å². The molecule has 6 nitrogen and oxygen atoms in total. The minimum atomic E-state index is -0.597. The van der Waals surface area contributed by atoms with Crippen LogP contribution in [0.4, 0.5) is 0 Å². The Kier molecular flexibility index (Phi) is 5.99. The van der Waals surface area contributed by atoms with Gasteiger partial charge in [-0.2, -0.15) is 0 Å². The van der Waals surface area contributed by atoms with Gasteiger partial charge in [-0.25, -0.2) is 0 Å². The van der Waals surface area contributed by atoms with E-state index in [9.17, 15) is 15.0 Å². The van der Waals surface area contributed by atoms with E-state index in [2.05, 4.69) is 0 Å². The number of methoxy groups -OCH3 is 1. The van der Waals surface area contributed by atoms with E-state index in [1.54, 1.807) is 18.9 Å². The molecule has 0 spiro atoms. The SMILES string of the molecule is COc1ccc([C@@H]2CN(C(=O)CO)C[C@@]2(C)[C@@H](C)O)cc1OCC1C2CCCCC21. The standard InChI is InChI=1S/C24H35NO5/c1-15(27)24(2)14-25(23(28)12-26)11-20(24)16-8-9-21(29-3)22(10-16)30-13-19-17-6-4-5-7-18(17)19/h8-10,15,17-20,26-27H,4-7,11-14H2,1-3H3/t15-,17?,18?,19?,20+,24+/m1/s1. The number of ether oxygens (including phenoxy) is 2. The topological polar surface area (TPSA) is 79.2 Å². The van der Waals surface area contributed by atoms with Crippen LogP contribution in [0.2, 0.25) is 0 Å². The Morgan fingerprint density at radius 3 is 2.57 bits per heavy atom. The number of fused-ring (bicyclic) bond motifs is 1. The third kappa shape index (κ3) is 3.80. The van der Waals surface area contributed by atoms with Crippen molar-refractivity contribution in [3.63, 3.8) is 0 Å². The second-order valence-electron chi connectivity index (χ2n) is 9.66. The maximum absolute atomic E-state index is 12.1. The highest BCUT2D eigenvalue weighted by Gasteiger charge is 2.51. The fourth-order valence-corrected chi connectivity index (χ4v) is 5.81. The number of hydrogen-bond acceptors (Lipinski definition) is 5. The molecule has 1 aromatic rings. The Balaban J connectivity index is 1.54. The summed E-state index contributed by atoms with van der Waals surface area (Å²) in [6, 6.07) is 5.94. The molecule has 2 aliphatic carbocycles. The van der Waals surface area contributed by atoms with Crippen LogP contribution in [0.15, 0.2) is 18.2 Å². The minimum Gasteiger partial charge on any atom is -0.493 e. The number of carbonyl (C=O) groups excluding carboxylic acids is 1. The lowest BCUT2D eigenvalue weighted by Gasteiger charge is -2.33. The summed E-state index contributed by atoms with van der Waals surface area (Å²) >= 11 is 0. The zero-order valence-electron chi connectivity index (χ0n) is 18.3. The van der Waals surface area contributed by atoms with Gasteiger partial charge in [-0.05, 0) is 55.2 Å². The molecule has 2 saturated carbocycles. The summed E-state index contributed by atoms with van der Waals surface area (Å²) in [5.41, 5.74) is 0.526. The van der Waals surface area contributed by atoms with Crippen molar-refractivity contribution in [2.24, 2.45) is 23.2 Å². The second-order valence-corrected chi connectivity index (χ2v) is 9.66. The van der Waals surface area contributed by atoms with E-state index in [-0.39, 0.29) is 11.8 Å². The molecular weight excluding hydrogens is 382 g/mol. The molecule has 3 fully saturated rings. The molecule has 1 heterocycles. The van der Waals surface area contributed by atoms with Crippen LogP contribution >= 0.6 is 0 Å². The molecule has 30 heavy (non-hydrogen) atoms. The molecule has 1 aromatic carbocycles. The van der Waals surface area contributed by atoms with Crippen LogP contribution in [-0.4, -0.2) is 60.5 Å². The number of benzene rings is 1. The van der Waals surface area contributed by atoms with Crippen LogP contribution in [0, 0.1) is 23.2 Å².